The van der Waals surface area contributed by atoms with E-state index < -0.39 is 23.9 Å². The van der Waals surface area contributed by atoms with Gasteiger partial charge in [0, 0.05) is 19.8 Å². The highest BCUT2D eigenvalue weighted by Gasteiger charge is 2.28. The molecule has 1 atom stereocenters. The van der Waals surface area contributed by atoms with Crippen LogP contribution < -0.4 is 5.73 Å². The van der Waals surface area contributed by atoms with E-state index in [1.807, 2.05) is 56.3 Å². The minimum Gasteiger partial charge on any atom is -0.460 e. The Morgan fingerprint density at radius 1 is 1.00 bits per heavy atom. The Morgan fingerprint density at radius 2 is 1.62 bits per heavy atom. The summed E-state index contributed by atoms with van der Waals surface area (Å²) < 4.78 is 16.7. The van der Waals surface area contributed by atoms with Crippen LogP contribution in [0.1, 0.15) is 46.6 Å². The van der Waals surface area contributed by atoms with Crippen LogP contribution in [0.25, 0.3) is 10.8 Å². The van der Waals surface area contributed by atoms with Crippen molar-refractivity contribution >= 4 is 22.6 Å². The Labute approximate surface area is 190 Å². The molecule has 0 heterocycles. The maximum Gasteiger partial charge on any atom is 0.308 e. The molecule has 0 aliphatic rings. The van der Waals surface area contributed by atoms with E-state index in [9.17, 15) is 9.59 Å². The first-order chi connectivity index (χ1) is 15.1. The summed E-state index contributed by atoms with van der Waals surface area (Å²) in [4.78, 5) is 27.1. The Balaban J connectivity index is 2.26. The zero-order chi connectivity index (χ0) is 23.7. The smallest absolute Gasteiger partial charge is 0.308 e. The molecule has 0 unspecified atom stereocenters. The van der Waals surface area contributed by atoms with Crippen LogP contribution in [0.15, 0.2) is 42.5 Å². The van der Waals surface area contributed by atoms with Crippen LogP contribution >= 0.6 is 0 Å². The Hall–Kier alpha value is -2.48. The molecule has 0 bridgehead atoms. The zero-order valence-electron chi connectivity index (χ0n) is 19.8. The normalized spacial score (nSPS) is 12.7. The van der Waals surface area contributed by atoms with Crippen molar-refractivity contribution < 1.29 is 23.8 Å². The maximum atomic E-state index is 13.3. The molecule has 2 aromatic rings. The molecule has 0 aliphatic heterocycles. The molecule has 0 aromatic heterocycles. The van der Waals surface area contributed by atoms with E-state index >= 15 is 0 Å². The number of fused-ring (bicyclic) bond motifs is 1. The number of hydrogen-bond acceptors (Lipinski definition) is 6. The van der Waals surface area contributed by atoms with Crippen LogP contribution in [0.3, 0.4) is 0 Å². The number of nitrogens with two attached hydrogens (primary N) is 1. The van der Waals surface area contributed by atoms with Gasteiger partial charge in [-0.25, -0.2) is 0 Å². The fraction of sp³-hybridized carbons (Fsp3) is 0.520. The summed E-state index contributed by atoms with van der Waals surface area (Å²) in [5.41, 5.74) is 6.49. The molecule has 0 aliphatic carbocycles. The standard InChI is InChI=1S/C25H36N2O5/c1-6-30-23(31-7-2)17-27(24(29)21(26)15-22(28)32-25(3,4)5)16-19-13-10-12-18-11-8-9-14-20(18)19/h8-14,21,23H,6-7,15-17,26H2,1-5H3/t21-/m0/s1. The van der Waals surface area contributed by atoms with Crippen LogP contribution in [0.4, 0.5) is 0 Å². The second-order valence-electron chi connectivity index (χ2n) is 8.59. The molecular weight excluding hydrogens is 408 g/mol. The van der Waals surface area contributed by atoms with E-state index in [1.54, 1.807) is 25.7 Å². The predicted octanol–water partition coefficient (Wildman–Crippen LogP) is 3.63. The van der Waals surface area contributed by atoms with Crippen molar-refractivity contribution in [2.24, 2.45) is 5.73 Å². The van der Waals surface area contributed by atoms with Crippen molar-refractivity contribution in [2.75, 3.05) is 19.8 Å². The molecule has 7 nitrogen and oxygen atoms in total. The number of hydrogen-bond donors (Lipinski definition) is 1. The third-order valence-electron chi connectivity index (χ3n) is 4.75. The third-order valence-corrected chi connectivity index (χ3v) is 4.75. The minimum atomic E-state index is -1.02. The van der Waals surface area contributed by atoms with Gasteiger partial charge in [-0.15, -0.1) is 0 Å². The zero-order valence-corrected chi connectivity index (χ0v) is 19.8. The first-order valence-electron chi connectivity index (χ1n) is 11.1. The van der Waals surface area contributed by atoms with Gasteiger partial charge in [0.15, 0.2) is 6.29 Å². The van der Waals surface area contributed by atoms with Gasteiger partial charge in [0.2, 0.25) is 5.91 Å². The minimum absolute atomic E-state index is 0.198. The molecule has 7 heteroatoms. The monoisotopic (exact) mass is 444 g/mol. The van der Waals surface area contributed by atoms with Gasteiger partial charge in [0.1, 0.15) is 5.60 Å². The summed E-state index contributed by atoms with van der Waals surface area (Å²) >= 11 is 0. The van der Waals surface area contributed by atoms with Crippen molar-refractivity contribution in [2.45, 2.75) is 65.5 Å². The van der Waals surface area contributed by atoms with Gasteiger partial charge in [-0.1, -0.05) is 42.5 Å². The molecule has 0 saturated carbocycles. The topological polar surface area (TPSA) is 91.1 Å². The molecule has 0 spiro atoms. The summed E-state index contributed by atoms with van der Waals surface area (Å²) in [6.07, 6.45) is -0.784. The van der Waals surface area contributed by atoms with Crippen molar-refractivity contribution in [3.8, 4) is 0 Å². The lowest BCUT2D eigenvalue weighted by molar-refractivity contribution is -0.163. The summed E-state index contributed by atoms with van der Waals surface area (Å²) in [7, 11) is 0. The molecule has 1 amide bonds. The number of nitrogens with zero attached hydrogens (tertiary/aromatic N) is 1. The molecule has 2 N–H and O–H groups in total. The molecular formula is C25H36N2O5. The van der Waals surface area contributed by atoms with Gasteiger partial charge in [0.05, 0.1) is 19.0 Å². The van der Waals surface area contributed by atoms with Gasteiger partial charge in [-0.05, 0) is 51.0 Å². The highest BCUT2D eigenvalue weighted by Crippen LogP contribution is 2.21. The summed E-state index contributed by atoms with van der Waals surface area (Å²) in [5.74, 6) is -0.858. The summed E-state index contributed by atoms with van der Waals surface area (Å²) in [6, 6.07) is 13.0. The SMILES string of the molecule is CCOC(CN(Cc1cccc2ccccc12)C(=O)[C@@H](N)CC(=O)OC(C)(C)C)OCC. The maximum absolute atomic E-state index is 13.3. The molecule has 176 valence electrons. The number of benzene rings is 2. The van der Waals surface area contributed by atoms with E-state index in [2.05, 4.69) is 0 Å². The van der Waals surface area contributed by atoms with Gasteiger partial charge in [0.25, 0.3) is 0 Å². The van der Waals surface area contributed by atoms with Crippen LogP contribution in [-0.2, 0) is 30.3 Å². The highest BCUT2D eigenvalue weighted by molar-refractivity contribution is 5.88. The van der Waals surface area contributed by atoms with Gasteiger partial charge >= 0.3 is 5.97 Å². The number of ether oxygens (including phenoxy) is 3. The highest BCUT2D eigenvalue weighted by atomic mass is 16.7. The summed E-state index contributed by atoms with van der Waals surface area (Å²) in [5, 5.41) is 2.14. The molecule has 32 heavy (non-hydrogen) atoms. The fourth-order valence-corrected chi connectivity index (χ4v) is 3.46. The van der Waals surface area contributed by atoms with E-state index in [0.29, 0.717) is 19.8 Å². The largest absolute Gasteiger partial charge is 0.460 e. The van der Waals surface area contributed by atoms with Crippen molar-refractivity contribution in [3.05, 3.63) is 48.0 Å². The van der Waals surface area contributed by atoms with Crippen LogP contribution in [0, 0.1) is 0 Å². The average molecular weight is 445 g/mol. The van der Waals surface area contributed by atoms with Crippen molar-refractivity contribution in [1.29, 1.82) is 0 Å². The predicted molar refractivity (Wildman–Crippen MR) is 125 cm³/mol. The Morgan fingerprint density at radius 3 is 2.25 bits per heavy atom. The van der Waals surface area contributed by atoms with Gasteiger partial charge < -0.3 is 24.8 Å². The Kier molecular flexibility index (Phi) is 9.62. The summed E-state index contributed by atoms with van der Waals surface area (Å²) in [6.45, 7) is 10.5. The third kappa shape index (κ3) is 7.89. The van der Waals surface area contributed by atoms with E-state index in [4.69, 9.17) is 19.9 Å². The second-order valence-corrected chi connectivity index (χ2v) is 8.59. The lowest BCUT2D eigenvalue weighted by Gasteiger charge is -2.30. The number of esters is 1. The average Bonchev–Trinajstić information content (AvgIpc) is 2.71. The second kappa shape index (κ2) is 11.9. The number of carbonyl (C=O) groups excluding carboxylic acids is 2. The van der Waals surface area contributed by atoms with Crippen molar-refractivity contribution in [1.82, 2.24) is 4.90 Å². The first kappa shape index (κ1) is 25.8. The van der Waals surface area contributed by atoms with E-state index in [0.717, 1.165) is 16.3 Å². The van der Waals surface area contributed by atoms with E-state index in [1.165, 1.54) is 0 Å². The Bertz CT molecular complexity index is 882. The van der Waals surface area contributed by atoms with Crippen LogP contribution in [0.2, 0.25) is 0 Å². The van der Waals surface area contributed by atoms with Crippen molar-refractivity contribution in [3.63, 3.8) is 0 Å². The van der Waals surface area contributed by atoms with Crippen LogP contribution in [-0.4, -0.2) is 54.5 Å². The lowest BCUT2D eigenvalue weighted by Crippen LogP contribution is -2.48. The number of amides is 1. The first-order valence-corrected chi connectivity index (χ1v) is 11.1. The number of rotatable bonds is 11. The molecule has 0 radical (unpaired) electrons. The molecule has 2 rings (SSSR count). The van der Waals surface area contributed by atoms with Gasteiger partial charge in [-0.2, -0.15) is 0 Å². The molecule has 0 fully saturated rings. The molecule has 2 aromatic carbocycles. The fourth-order valence-electron chi connectivity index (χ4n) is 3.46. The van der Waals surface area contributed by atoms with E-state index in [-0.39, 0.29) is 18.9 Å². The molecule has 0 saturated heterocycles. The van der Waals surface area contributed by atoms with Gasteiger partial charge in [-0.3, -0.25) is 9.59 Å². The lowest BCUT2D eigenvalue weighted by atomic mass is 10.0. The van der Waals surface area contributed by atoms with Crippen LogP contribution in [0.5, 0.6) is 0 Å². The number of carbonyl (C=O) groups is 2. The quantitative estimate of drug-likeness (QED) is 0.420.